The molecule has 1 N–H and O–H groups in total. The quantitative estimate of drug-likeness (QED) is 0.300. The third kappa shape index (κ3) is 4.74. The van der Waals surface area contributed by atoms with Crippen LogP contribution in [0.1, 0.15) is 45.5 Å². The number of benzene rings is 2. The fourth-order valence-electron chi connectivity index (χ4n) is 4.21. The van der Waals surface area contributed by atoms with E-state index in [4.69, 9.17) is 9.26 Å². The fraction of sp³-hybridized carbons (Fsp3) is 0.296. The molecule has 0 saturated carbocycles. The Balaban J connectivity index is 1.38. The SMILES string of the molecule is CCCn1c(=O)c2[nH]c(-c3ccc(OC(C)c4noc(-c5ccc(F)cc5)n4)cc3)nc2n(CCC)c1=O. The maximum absolute atomic E-state index is 13.2. The first-order valence-electron chi connectivity index (χ1n) is 12.5. The van der Waals surface area contributed by atoms with Gasteiger partial charge in [0.05, 0.1) is 0 Å². The van der Waals surface area contributed by atoms with Gasteiger partial charge < -0.3 is 14.2 Å². The predicted octanol–water partition coefficient (Wildman–Crippen LogP) is 4.70. The van der Waals surface area contributed by atoms with Gasteiger partial charge in [0.15, 0.2) is 11.8 Å². The highest BCUT2D eigenvalue weighted by molar-refractivity contribution is 5.75. The van der Waals surface area contributed by atoms with Crippen molar-refractivity contribution in [2.24, 2.45) is 0 Å². The molecular formula is C27H27FN6O4. The maximum atomic E-state index is 13.2. The molecule has 5 rings (SSSR count). The molecule has 0 fully saturated rings. The molecule has 0 aliphatic heterocycles. The van der Waals surface area contributed by atoms with Crippen LogP contribution >= 0.6 is 0 Å². The lowest BCUT2D eigenvalue weighted by Gasteiger charge is -2.11. The van der Waals surface area contributed by atoms with Gasteiger partial charge in [0.2, 0.25) is 5.82 Å². The monoisotopic (exact) mass is 518 g/mol. The molecule has 2 aromatic carbocycles. The summed E-state index contributed by atoms with van der Waals surface area (Å²) in [6.45, 7) is 6.50. The molecule has 0 spiro atoms. The summed E-state index contributed by atoms with van der Waals surface area (Å²) in [6, 6.07) is 13.0. The number of aryl methyl sites for hydroxylation is 1. The Morgan fingerprint density at radius 1 is 0.947 bits per heavy atom. The van der Waals surface area contributed by atoms with E-state index in [1.807, 2.05) is 26.0 Å². The Hall–Kier alpha value is -4.54. The van der Waals surface area contributed by atoms with E-state index in [1.165, 1.54) is 16.7 Å². The molecule has 10 nitrogen and oxygen atoms in total. The minimum Gasteiger partial charge on any atom is -0.483 e. The lowest BCUT2D eigenvalue weighted by atomic mass is 10.2. The molecule has 3 heterocycles. The Bertz CT molecular complexity index is 1680. The van der Waals surface area contributed by atoms with Gasteiger partial charge in [-0.3, -0.25) is 13.9 Å². The highest BCUT2D eigenvalue weighted by Crippen LogP contribution is 2.26. The van der Waals surface area contributed by atoms with Crippen molar-refractivity contribution >= 4 is 11.2 Å². The van der Waals surface area contributed by atoms with Crippen LogP contribution in [0.2, 0.25) is 0 Å². The van der Waals surface area contributed by atoms with Crippen molar-refractivity contribution in [1.82, 2.24) is 29.2 Å². The van der Waals surface area contributed by atoms with Crippen LogP contribution < -0.4 is 16.0 Å². The van der Waals surface area contributed by atoms with Crippen LogP contribution in [0.15, 0.2) is 62.6 Å². The summed E-state index contributed by atoms with van der Waals surface area (Å²) in [7, 11) is 0. The fourth-order valence-corrected chi connectivity index (χ4v) is 4.21. The normalized spacial score (nSPS) is 12.2. The number of ether oxygens (including phenoxy) is 1. The van der Waals surface area contributed by atoms with Gasteiger partial charge in [-0.05, 0) is 68.3 Å². The number of nitrogens with zero attached hydrogens (tertiary/aromatic N) is 5. The van der Waals surface area contributed by atoms with Gasteiger partial charge in [-0.15, -0.1) is 0 Å². The Morgan fingerprint density at radius 3 is 2.29 bits per heavy atom. The third-order valence-corrected chi connectivity index (χ3v) is 6.09. The molecule has 11 heteroatoms. The van der Waals surface area contributed by atoms with Crippen molar-refractivity contribution in [3.8, 4) is 28.6 Å². The van der Waals surface area contributed by atoms with Gasteiger partial charge in [-0.2, -0.15) is 4.98 Å². The second-order valence-electron chi connectivity index (χ2n) is 8.92. The first-order chi connectivity index (χ1) is 18.4. The summed E-state index contributed by atoms with van der Waals surface area (Å²) >= 11 is 0. The Labute approximate surface area is 216 Å². The first-order valence-corrected chi connectivity index (χ1v) is 12.5. The zero-order valence-electron chi connectivity index (χ0n) is 21.3. The number of imidazole rings is 1. The Morgan fingerprint density at radius 2 is 1.61 bits per heavy atom. The number of nitrogens with one attached hydrogen (secondary N) is 1. The topological polar surface area (TPSA) is 121 Å². The Kier molecular flexibility index (Phi) is 6.91. The van der Waals surface area contributed by atoms with Crippen molar-refractivity contribution in [1.29, 1.82) is 0 Å². The minimum absolute atomic E-state index is 0.273. The van der Waals surface area contributed by atoms with Crippen LogP contribution in [0, 0.1) is 5.82 Å². The van der Waals surface area contributed by atoms with Crippen LogP contribution in [-0.2, 0) is 13.1 Å². The molecule has 0 radical (unpaired) electrons. The van der Waals surface area contributed by atoms with Crippen LogP contribution in [0.4, 0.5) is 4.39 Å². The molecule has 3 aromatic heterocycles. The smallest absolute Gasteiger partial charge is 0.332 e. The highest BCUT2D eigenvalue weighted by atomic mass is 19.1. The summed E-state index contributed by atoms with van der Waals surface area (Å²) in [5, 5.41) is 3.98. The van der Waals surface area contributed by atoms with Crippen molar-refractivity contribution < 1.29 is 13.7 Å². The number of halogens is 1. The standard InChI is InChI=1S/C27H27FN6O4/c1-4-14-33-24-21(26(35)34(15-5-2)27(33)36)29-23(30-24)17-8-12-20(13-9-17)37-16(3)22-31-25(38-32-22)18-6-10-19(28)11-7-18/h6-13,16H,4-5,14-15H2,1-3H3,(H,29,30). The van der Waals surface area contributed by atoms with E-state index in [-0.39, 0.29) is 23.0 Å². The third-order valence-electron chi connectivity index (χ3n) is 6.09. The summed E-state index contributed by atoms with van der Waals surface area (Å²) in [6.07, 6.45) is 0.897. The van der Waals surface area contributed by atoms with E-state index in [9.17, 15) is 14.0 Å². The lowest BCUT2D eigenvalue weighted by molar-refractivity contribution is 0.211. The minimum atomic E-state index is -0.509. The van der Waals surface area contributed by atoms with E-state index < -0.39 is 6.10 Å². The second-order valence-corrected chi connectivity index (χ2v) is 8.92. The summed E-state index contributed by atoms with van der Waals surface area (Å²) < 4.78 is 27.3. The molecule has 1 unspecified atom stereocenters. The van der Waals surface area contributed by atoms with E-state index in [0.29, 0.717) is 53.6 Å². The maximum Gasteiger partial charge on any atom is 0.332 e. The molecule has 196 valence electrons. The predicted molar refractivity (Wildman–Crippen MR) is 139 cm³/mol. The molecular weight excluding hydrogens is 491 g/mol. The molecule has 0 aliphatic carbocycles. The largest absolute Gasteiger partial charge is 0.483 e. The number of aromatic amines is 1. The van der Waals surface area contributed by atoms with Crippen LogP contribution in [0.3, 0.4) is 0 Å². The van der Waals surface area contributed by atoms with E-state index in [0.717, 1.165) is 12.0 Å². The van der Waals surface area contributed by atoms with Gasteiger partial charge in [-0.1, -0.05) is 19.0 Å². The molecule has 1 atom stereocenters. The van der Waals surface area contributed by atoms with Crippen molar-refractivity contribution in [3.63, 3.8) is 0 Å². The van der Waals surface area contributed by atoms with E-state index >= 15 is 0 Å². The van der Waals surface area contributed by atoms with Crippen molar-refractivity contribution in [2.45, 2.75) is 52.8 Å². The summed E-state index contributed by atoms with van der Waals surface area (Å²) in [4.78, 5) is 38.0. The number of aromatic nitrogens is 6. The number of hydrogen-bond acceptors (Lipinski definition) is 7. The highest BCUT2D eigenvalue weighted by Gasteiger charge is 2.19. The second kappa shape index (κ2) is 10.4. The van der Waals surface area contributed by atoms with Crippen molar-refractivity contribution in [3.05, 3.63) is 81.0 Å². The molecule has 0 saturated heterocycles. The zero-order chi connectivity index (χ0) is 26.8. The van der Waals surface area contributed by atoms with Gasteiger partial charge in [0.1, 0.15) is 22.9 Å². The number of hydrogen-bond donors (Lipinski definition) is 1. The molecule has 0 aliphatic rings. The average molecular weight is 519 g/mol. The van der Waals surface area contributed by atoms with Gasteiger partial charge in [0.25, 0.3) is 11.4 Å². The molecule has 38 heavy (non-hydrogen) atoms. The van der Waals surface area contributed by atoms with Crippen molar-refractivity contribution in [2.75, 3.05) is 0 Å². The van der Waals surface area contributed by atoms with Crippen LogP contribution in [0.25, 0.3) is 34.0 Å². The summed E-state index contributed by atoms with van der Waals surface area (Å²) in [5.74, 6) is 1.33. The van der Waals surface area contributed by atoms with E-state index in [2.05, 4.69) is 20.1 Å². The zero-order valence-corrected chi connectivity index (χ0v) is 21.3. The van der Waals surface area contributed by atoms with E-state index in [1.54, 1.807) is 35.8 Å². The lowest BCUT2D eigenvalue weighted by Crippen LogP contribution is -2.40. The van der Waals surface area contributed by atoms with Gasteiger partial charge in [0, 0.05) is 24.2 Å². The van der Waals surface area contributed by atoms with Crippen LogP contribution in [0.5, 0.6) is 5.75 Å². The number of fused-ring (bicyclic) bond motifs is 1. The molecule has 0 amide bonds. The van der Waals surface area contributed by atoms with Gasteiger partial charge in [-0.25, -0.2) is 14.2 Å². The molecule has 5 aromatic rings. The summed E-state index contributed by atoms with van der Waals surface area (Å²) in [5.41, 5.74) is 1.30. The number of rotatable bonds is 9. The number of H-pyrrole nitrogens is 1. The first kappa shape index (κ1) is 25.1. The average Bonchev–Trinajstić information content (AvgIpc) is 3.59. The van der Waals surface area contributed by atoms with Gasteiger partial charge >= 0.3 is 5.69 Å². The molecule has 0 bridgehead atoms. The van der Waals surface area contributed by atoms with Crippen LogP contribution in [-0.4, -0.2) is 29.2 Å².